The average molecular weight is 313 g/mol. The molecule has 5 heteroatoms. The molecule has 2 heterocycles. The van der Waals surface area contributed by atoms with Gasteiger partial charge in [0.05, 0.1) is 17.1 Å². The van der Waals surface area contributed by atoms with Crippen LogP contribution in [-0.2, 0) is 0 Å². The summed E-state index contributed by atoms with van der Waals surface area (Å²) < 4.78 is 13.5. The number of nitrogens with zero attached hydrogens (tertiary/aromatic N) is 1. The maximum Gasteiger partial charge on any atom is 0.254 e. The van der Waals surface area contributed by atoms with Crippen LogP contribution in [0.4, 0.5) is 4.39 Å². The van der Waals surface area contributed by atoms with Gasteiger partial charge in [0.2, 0.25) is 0 Å². The van der Waals surface area contributed by atoms with Crippen molar-refractivity contribution in [2.75, 3.05) is 0 Å². The summed E-state index contributed by atoms with van der Waals surface area (Å²) in [6.07, 6.45) is 1.65. The third-order valence-electron chi connectivity index (χ3n) is 3.89. The fourth-order valence-corrected chi connectivity index (χ4v) is 3.13. The zero-order valence-electron chi connectivity index (χ0n) is 11.3. The third kappa shape index (κ3) is 1.88. The lowest BCUT2D eigenvalue weighted by molar-refractivity contribution is 0.0961. The molecule has 0 spiro atoms. The second-order valence-electron chi connectivity index (χ2n) is 5.18. The van der Waals surface area contributed by atoms with Gasteiger partial charge in [0.15, 0.2) is 0 Å². The molecule has 1 amide bonds. The molecule has 1 aromatic heterocycles. The molecule has 1 atom stereocenters. The molecule has 0 bridgehead atoms. The van der Waals surface area contributed by atoms with Crippen LogP contribution in [0.3, 0.4) is 0 Å². The number of halogens is 2. The maximum atomic E-state index is 13.5. The molecule has 0 fully saturated rings. The van der Waals surface area contributed by atoms with Crippen LogP contribution >= 0.6 is 11.6 Å². The van der Waals surface area contributed by atoms with E-state index >= 15 is 0 Å². The van der Waals surface area contributed by atoms with Crippen LogP contribution in [-0.4, -0.2) is 10.9 Å². The minimum absolute atomic E-state index is 0.218. The first-order valence-corrected chi connectivity index (χ1v) is 7.16. The van der Waals surface area contributed by atoms with Crippen molar-refractivity contribution in [2.45, 2.75) is 6.04 Å². The van der Waals surface area contributed by atoms with Crippen molar-refractivity contribution in [1.82, 2.24) is 10.3 Å². The predicted octanol–water partition coefficient (Wildman–Crippen LogP) is 3.86. The topological polar surface area (TPSA) is 42.0 Å². The Hall–Kier alpha value is -2.46. The van der Waals surface area contributed by atoms with Crippen LogP contribution in [0.5, 0.6) is 0 Å². The summed E-state index contributed by atoms with van der Waals surface area (Å²) in [5.74, 6) is -0.606. The quantitative estimate of drug-likeness (QED) is 0.741. The van der Waals surface area contributed by atoms with E-state index in [0.29, 0.717) is 21.7 Å². The van der Waals surface area contributed by atoms with Gasteiger partial charge in [-0.15, -0.1) is 0 Å². The van der Waals surface area contributed by atoms with E-state index in [2.05, 4.69) is 10.3 Å². The fraction of sp³-hybridized carbons (Fsp3) is 0.0588. The zero-order valence-corrected chi connectivity index (χ0v) is 12.1. The molecule has 1 N–H and O–H groups in total. The summed E-state index contributed by atoms with van der Waals surface area (Å²) in [6.45, 7) is 0. The van der Waals surface area contributed by atoms with E-state index in [4.69, 9.17) is 11.6 Å². The lowest BCUT2D eigenvalue weighted by atomic mass is 9.96. The first-order valence-electron chi connectivity index (χ1n) is 6.78. The number of nitrogens with one attached hydrogen (secondary N) is 1. The van der Waals surface area contributed by atoms with Crippen molar-refractivity contribution < 1.29 is 9.18 Å². The lowest BCUT2D eigenvalue weighted by Crippen LogP contribution is -2.20. The van der Waals surface area contributed by atoms with Crippen LogP contribution in [0.2, 0.25) is 5.02 Å². The highest BCUT2D eigenvalue weighted by Crippen LogP contribution is 2.37. The number of aromatic nitrogens is 1. The van der Waals surface area contributed by atoms with Gasteiger partial charge in [0.1, 0.15) is 5.82 Å². The Morgan fingerprint density at radius 3 is 2.86 bits per heavy atom. The van der Waals surface area contributed by atoms with E-state index in [1.54, 1.807) is 6.20 Å². The van der Waals surface area contributed by atoms with Crippen LogP contribution < -0.4 is 5.32 Å². The Morgan fingerprint density at radius 1 is 1.14 bits per heavy atom. The Bertz CT molecular complexity index is 926. The minimum Gasteiger partial charge on any atom is -0.341 e. The van der Waals surface area contributed by atoms with Crippen LogP contribution in [0.15, 0.2) is 48.7 Å². The van der Waals surface area contributed by atoms with Gasteiger partial charge in [-0.1, -0.05) is 29.8 Å². The highest BCUT2D eigenvalue weighted by Gasteiger charge is 2.33. The molecule has 1 aliphatic heterocycles. The summed E-state index contributed by atoms with van der Waals surface area (Å²) in [5, 5.41) is 4.17. The molecule has 108 valence electrons. The smallest absolute Gasteiger partial charge is 0.254 e. The van der Waals surface area contributed by atoms with E-state index in [1.165, 1.54) is 18.2 Å². The van der Waals surface area contributed by atoms with Crippen molar-refractivity contribution in [1.29, 1.82) is 0 Å². The minimum atomic E-state index is -0.461. The van der Waals surface area contributed by atoms with E-state index in [-0.39, 0.29) is 11.7 Å². The number of benzene rings is 2. The summed E-state index contributed by atoms with van der Waals surface area (Å²) in [7, 11) is 0. The van der Waals surface area contributed by atoms with Crippen molar-refractivity contribution >= 4 is 28.4 Å². The third-order valence-corrected chi connectivity index (χ3v) is 4.23. The summed E-state index contributed by atoms with van der Waals surface area (Å²) >= 11 is 6.18. The Labute approximate surface area is 130 Å². The molecular formula is C17H10ClFN2O. The Kier molecular flexibility index (Phi) is 2.87. The van der Waals surface area contributed by atoms with Crippen molar-refractivity contribution in [2.24, 2.45) is 0 Å². The monoisotopic (exact) mass is 312 g/mol. The SMILES string of the molecule is O=C1NC(c2cc(F)ccc2Cl)c2ccc3cccnc3c21. The fourth-order valence-electron chi connectivity index (χ4n) is 2.90. The van der Waals surface area contributed by atoms with Crippen molar-refractivity contribution in [3.8, 4) is 0 Å². The highest BCUT2D eigenvalue weighted by atomic mass is 35.5. The zero-order chi connectivity index (χ0) is 15.3. The van der Waals surface area contributed by atoms with E-state index in [0.717, 1.165) is 10.9 Å². The Morgan fingerprint density at radius 2 is 2.00 bits per heavy atom. The predicted molar refractivity (Wildman–Crippen MR) is 82.5 cm³/mol. The van der Waals surface area contributed by atoms with Crippen molar-refractivity contribution in [3.05, 3.63) is 76.2 Å². The number of fused-ring (bicyclic) bond motifs is 3. The molecule has 0 radical (unpaired) electrons. The second kappa shape index (κ2) is 4.78. The van der Waals surface area contributed by atoms with Gasteiger partial charge in [-0.3, -0.25) is 9.78 Å². The average Bonchev–Trinajstić information content (AvgIpc) is 2.87. The number of carbonyl (C=O) groups excluding carboxylic acids is 1. The molecule has 0 aliphatic carbocycles. The first-order chi connectivity index (χ1) is 10.6. The van der Waals surface area contributed by atoms with Crippen LogP contribution in [0, 0.1) is 5.82 Å². The first kappa shape index (κ1) is 13.2. The number of pyridine rings is 1. The molecular weight excluding hydrogens is 303 g/mol. The molecule has 0 saturated carbocycles. The maximum absolute atomic E-state index is 13.5. The summed E-state index contributed by atoms with van der Waals surface area (Å²) in [4.78, 5) is 16.7. The number of rotatable bonds is 1. The standard InChI is InChI=1S/C17H10ClFN2O/c18-13-6-4-10(19)8-12(13)16-11-5-3-9-2-1-7-20-15(9)14(11)17(22)21-16/h1-8,16H,(H,21,22). The number of amides is 1. The Balaban J connectivity index is 1.96. The van der Waals surface area contributed by atoms with Crippen molar-refractivity contribution in [3.63, 3.8) is 0 Å². The normalized spacial score (nSPS) is 16.6. The lowest BCUT2D eigenvalue weighted by Gasteiger charge is -2.14. The van der Waals surface area contributed by atoms with Gasteiger partial charge >= 0.3 is 0 Å². The summed E-state index contributed by atoms with van der Waals surface area (Å²) in [6, 6.07) is 11.2. The van der Waals surface area contributed by atoms with Gasteiger partial charge in [0.25, 0.3) is 5.91 Å². The second-order valence-corrected chi connectivity index (χ2v) is 5.58. The number of hydrogen-bond acceptors (Lipinski definition) is 2. The van der Waals surface area contributed by atoms with Gasteiger partial charge in [-0.2, -0.15) is 0 Å². The van der Waals surface area contributed by atoms with Gasteiger partial charge < -0.3 is 5.32 Å². The molecule has 2 aromatic carbocycles. The molecule has 1 aliphatic rings. The van der Waals surface area contributed by atoms with E-state index in [9.17, 15) is 9.18 Å². The van der Waals surface area contributed by atoms with Gasteiger partial charge in [-0.25, -0.2) is 4.39 Å². The molecule has 3 nitrogen and oxygen atoms in total. The number of carbonyl (C=O) groups is 1. The molecule has 4 rings (SSSR count). The van der Waals surface area contributed by atoms with E-state index in [1.807, 2.05) is 24.3 Å². The summed E-state index contributed by atoms with van der Waals surface area (Å²) in [5.41, 5.74) is 2.49. The van der Waals surface area contributed by atoms with Crippen LogP contribution in [0.25, 0.3) is 10.9 Å². The molecule has 22 heavy (non-hydrogen) atoms. The molecule has 0 saturated heterocycles. The molecule has 3 aromatic rings. The largest absolute Gasteiger partial charge is 0.341 e. The van der Waals surface area contributed by atoms with Crippen LogP contribution in [0.1, 0.15) is 27.5 Å². The van der Waals surface area contributed by atoms with Gasteiger partial charge in [0, 0.05) is 22.2 Å². The number of hydrogen-bond donors (Lipinski definition) is 1. The highest BCUT2D eigenvalue weighted by molar-refractivity contribution is 6.31. The van der Waals surface area contributed by atoms with E-state index < -0.39 is 6.04 Å². The van der Waals surface area contributed by atoms with Gasteiger partial charge in [-0.05, 0) is 29.8 Å². The molecule has 1 unspecified atom stereocenters.